The number of hydrogen-bond acceptors (Lipinski definition) is 6. The molecule has 0 radical (unpaired) electrons. The Morgan fingerprint density at radius 1 is 1.32 bits per heavy atom. The van der Waals surface area contributed by atoms with E-state index in [1.54, 1.807) is 17.9 Å². The molecule has 4 rings (SSSR count). The van der Waals surface area contributed by atoms with Crippen LogP contribution in [0.5, 0.6) is 5.75 Å². The van der Waals surface area contributed by atoms with E-state index in [0.29, 0.717) is 32.4 Å². The van der Waals surface area contributed by atoms with E-state index in [2.05, 4.69) is 10.3 Å². The summed E-state index contributed by atoms with van der Waals surface area (Å²) in [5.41, 5.74) is -1.51. The number of hydrogen-bond donors (Lipinski definition) is 3. The molecule has 3 aliphatic rings. The van der Waals surface area contributed by atoms with Gasteiger partial charge in [0.2, 0.25) is 5.91 Å². The summed E-state index contributed by atoms with van der Waals surface area (Å²) < 4.78 is 6.14. The van der Waals surface area contributed by atoms with Crippen LogP contribution in [0.15, 0.2) is 18.3 Å². The molecule has 1 aromatic heterocycles. The van der Waals surface area contributed by atoms with Gasteiger partial charge in [0.1, 0.15) is 5.75 Å². The summed E-state index contributed by atoms with van der Waals surface area (Å²) in [6, 6.07) is 2.60. The van der Waals surface area contributed by atoms with Gasteiger partial charge in [0, 0.05) is 31.6 Å². The van der Waals surface area contributed by atoms with Gasteiger partial charge in [-0.25, -0.2) is 4.98 Å². The van der Waals surface area contributed by atoms with Crippen LogP contribution in [0.25, 0.3) is 0 Å². The number of aromatic nitrogens is 1. The average molecular weight is 389 g/mol. The monoisotopic (exact) mass is 389 g/mol. The molecule has 0 unspecified atom stereocenters. The highest BCUT2D eigenvalue weighted by atomic mass is 16.5. The summed E-state index contributed by atoms with van der Waals surface area (Å²) in [6.45, 7) is 2.94. The van der Waals surface area contributed by atoms with Gasteiger partial charge in [-0.2, -0.15) is 0 Å². The molecule has 0 aromatic carbocycles. The number of rotatable bonds is 3. The largest absolute Gasteiger partial charge is 0.505 e. The second-order valence-corrected chi connectivity index (χ2v) is 8.53. The van der Waals surface area contributed by atoms with Gasteiger partial charge in [0.25, 0.3) is 5.91 Å². The van der Waals surface area contributed by atoms with Crippen molar-refractivity contribution in [1.29, 1.82) is 0 Å². The van der Waals surface area contributed by atoms with Crippen LogP contribution in [-0.2, 0) is 9.53 Å². The molecule has 2 atom stereocenters. The molecular weight excluding hydrogens is 362 g/mol. The van der Waals surface area contributed by atoms with Crippen molar-refractivity contribution in [3.63, 3.8) is 0 Å². The normalized spacial score (nSPS) is 29.5. The molecule has 3 heterocycles. The highest BCUT2D eigenvalue weighted by Gasteiger charge is 2.50. The maximum absolute atomic E-state index is 12.6. The maximum Gasteiger partial charge on any atom is 0.276 e. The summed E-state index contributed by atoms with van der Waals surface area (Å²) in [4.78, 5) is 30.3. The summed E-state index contributed by atoms with van der Waals surface area (Å²) in [5.74, 6) is -0.340. The minimum Gasteiger partial charge on any atom is -0.505 e. The minimum absolute atomic E-state index is 0.000379. The summed E-state index contributed by atoms with van der Waals surface area (Å²) in [6.07, 6.45) is 4.91. The van der Waals surface area contributed by atoms with Crippen LogP contribution in [0.4, 0.5) is 0 Å². The molecule has 2 saturated heterocycles. The fourth-order valence-electron chi connectivity index (χ4n) is 4.25. The molecule has 2 amide bonds. The Labute approximate surface area is 163 Å². The summed E-state index contributed by atoms with van der Waals surface area (Å²) >= 11 is 0. The van der Waals surface area contributed by atoms with E-state index in [4.69, 9.17) is 4.74 Å². The van der Waals surface area contributed by atoms with E-state index in [0.717, 1.165) is 12.8 Å². The molecule has 2 aliphatic heterocycles. The van der Waals surface area contributed by atoms with Crippen molar-refractivity contribution in [2.45, 2.75) is 56.3 Å². The molecule has 0 bridgehead atoms. The Morgan fingerprint density at radius 3 is 2.64 bits per heavy atom. The van der Waals surface area contributed by atoms with Crippen molar-refractivity contribution in [3.05, 3.63) is 24.0 Å². The Bertz CT molecular complexity index is 769. The molecular formula is C20H27N3O5. The zero-order valence-corrected chi connectivity index (χ0v) is 16.1. The number of piperidine rings is 1. The SMILES string of the molecule is C[C@]1(O)CC2(CCN(C(=O)c3ncccc3O)CC2)OC[C@@H]1NC(=O)C1CC1. The van der Waals surface area contributed by atoms with Crippen molar-refractivity contribution in [2.75, 3.05) is 19.7 Å². The van der Waals surface area contributed by atoms with E-state index in [-0.39, 0.29) is 35.8 Å². The molecule has 1 aliphatic carbocycles. The first-order valence-electron chi connectivity index (χ1n) is 9.90. The van der Waals surface area contributed by atoms with E-state index in [9.17, 15) is 19.8 Å². The zero-order chi connectivity index (χ0) is 19.9. The summed E-state index contributed by atoms with van der Waals surface area (Å²) in [5, 5.41) is 23.8. The van der Waals surface area contributed by atoms with Gasteiger partial charge < -0.3 is 25.2 Å². The fourth-order valence-corrected chi connectivity index (χ4v) is 4.25. The highest BCUT2D eigenvalue weighted by Crippen LogP contribution is 2.40. The second kappa shape index (κ2) is 7.00. The second-order valence-electron chi connectivity index (χ2n) is 8.53. The molecule has 152 valence electrons. The number of aromatic hydroxyl groups is 1. The van der Waals surface area contributed by atoms with E-state index >= 15 is 0 Å². The van der Waals surface area contributed by atoms with E-state index < -0.39 is 17.2 Å². The smallest absolute Gasteiger partial charge is 0.276 e. The van der Waals surface area contributed by atoms with Crippen molar-refractivity contribution in [3.8, 4) is 5.75 Å². The van der Waals surface area contributed by atoms with E-state index in [1.807, 2.05) is 0 Å². The first kappa shape index (κ1) is 19.1. The number of aliphatic hydroxyl groups is 1. The molecule has 8 nitrogen and oxygen atoms in total. The number of carbonyl (C=O) groups is 2. The Hall–Kier alpha value is -2.19. The lowest BCUT2D eigenvalue weighted by atomic mass is 9.75. The number of ether oxygens (including phenoxy) is 1. The molecule has 1 saturated carbocycles. The number of carbonyl (C=O) groups excluding carboxylic acids is 2. The topological polar surface area (TPSA) is 112 Å². The molecule has 1 aromatic rings. The van der Waals surface area contributed by atoms with Gasteiger partial charge in [0.05, 0.1) is 23.9 Å². The number of pyridine rings is 1. The average Bonchev–Trinajstić information content (AvgIpc) is 3.49. The third-order valence-corrected chi connectivity index (χ3v) is 6.20. The third-order valence-electron chi connectivity index (χ3n) is 6.20. The van der Waals surface area contributed by atoms with Gasteiger partial charge in [-0.1, -0.05) is 0 Å². The molecule has 28 heavy (non-hydrogen) atoms. The van der Waals surface area contributed by atoms with Gasteiger partial charge >= 0.3 is 0 Å². The molecule has 1 spiro atoms. The number of likely N-dealkylation sites (tertiary alicyclic amines) is 1. The molecule has 3 N–H and O–H groups in total. The zero-order valence-electron chi connectivity index (χ0n) is 16.1. The van der Waals surface area contributed by atoms with Crippen molar-refractivity contribution < 1.29 is 24.5 Å². The Balaban J connectivity index is 1.37. The van der Waals surface area contributed by atoms with Crippen LogP contribution in [0, 0.1) is 5.92 Å². The maximum atomic E-state index is 12.6. The van der Waals surface area contributed by atoms with Gasteiger partial charge in [-0.15, -0.1) is 0 Å². The van der Waals surface area contributed by atoms with Crippen molar-refractivity contribution >= 4 is 11.8 Å². The van der Waals surface area contributed by atoms with Gasteiger partial charge in [-0.3, -0.25) is 9.59 Å². The Kier molecular flexibility index (Phi) is 4.79. The molecule has 3 fully saturated rings. The van der Waals surface area contributed by atoms with Crippen LogP contribution in [-0.4, -0.2) is 68.9 Å². The van der Waals surface area contributed by atoms with Crippen LogP contribution in [0.3, 0.4) is 0 Å². The first-order valence-corrected chi connectivity index (χ1v) is 9.90. The van der Waals surface area contributed by atoms with Crippen LogP contribution in [0.2, 0.25) is 0 Å². The van der Waals surface area contributed by atoms with Crippen molar-refractivity contribution in [2.24, 2.45) is 5.92 Å². The number of nitrogens with zero attached hydrogens (tertiary/aromatic N) is 2. The predicted octanol–water partition coefficient (Wildman–Crippen LogP) is 0.828. The van der Waals surface area contributed by atoms with E-state index in [1.165, 1.54) is 12.3 Å². The number of nitrogens with one attached hydrogen (secondary N) is 1. The van der Waals surface area contributed by atoms with Gasteiger partial charge in [0.15, 0.2) is 5.69 Å². The quantitative estimate of drug-likeness (QED) is 0.706. The van der Waals surface area contributed by atoms with Crippen molar-refractivity contribution in [1.82, 2.24) is 15.2 Å². The lowest BCUT2D eigenvalue weighted by molar-refractivity contribution is -0.187. The minimum atomic E-state index is -1.06. The Morgan fingerprint density at radius 2 is 2.04 bits per heavy atom. The summed E-state index contributed by atoms with van der Waals surface area (Å²) in [7, 11) is 0. The van der Waals surface area contributed by atoms with Crippen LogP contribution in [0.1, 0.15) is 49.5 Å². The fraction of sp³-hybridized carbons (Fsp3) is 0.650. The standard InChI is InChI=1S/C20H27N3O5/c1-19(27)12-20(28-11-15(19)22-17(25)13-4-5-13)6-9-23(10-7-20)18(26)16-14(24)3-2-8-21-16/h2-3,8,13,15,24,27H,4-7,9-12H2,1H3,(H,22,25)/t15-,19-/m0/s1. The lowest BCUT2D eigenvalue weighted by Gasteiger charge is -2.51. The lowest BCUT2D eigenvalue weighted by Crippen LogP contribution is -2.64. The first-order chi connectivity index (χ1) is 13.3. The van der Waals surface area contributed by atoms with Crippen LogP contribution < -0.4 is 5.32 Å². The van der Waals surface area contributed by atoms with Gasteiger partial charge in [-0.05, 0) is 44.7 Å². The predicted molar refractivity (Wildman–Crippen MR) is 99.6 cm³/mol. The highest BCUT2D eigenvalue weighted by molar-refractivity contribution is 5.94. The third kappa shape index (κ3) is 3.71. The number of amides is 2. The molecule has 8 heteroatoms. The van der Waals surface area contributed by atoms with Crippen LogP contribution >= 0.6 is 0 Å².